The highest BCUT2D eigenvalue weighted by Gasteiger charge is 2.10. The second kappa shape index (κ2) is 5.69. The van der Waals surface area contributed by atoms with Gasteiger partial charge in [-0.2, -0.15) is 4.98 Å². The quantitative estimate of drug-likeness (QED) is 0.546. The van der Waals surface area contributed by atoms with Crippen LogP contribution >= 0.6 is 0 Å². The Morgan fingerprint density at radius 3 is 2.52 bits per heavy atom. The van der Waals surface area contributed by atoms with Gasteiger partial charge in [0.1, 0.15) is 0 Å². The molecule has 0 radical (unpaired) electrons. The third-order valence-electron chi connectivity index (χ3n) is 4.00. The molecule has 0 atom stereocenters. The highest BCUT2D eigenvalue weighted by molar-refractivity contribution is 5.85. The first-order chi connectivity index (χ1) is 11.3. The molecule has 1 heterocycles. The normalized spacial score (nSPS) is 11.0. The van der Waals surface area contributed by atoms with Gasteiger partial charge in [-0.3, -0.25) is 0 Å². The number of aryl methyl sites for hydroxylation is 1. The second-order valence-corrected chi connectivity index (χ2v) is 5.69. The Morgan fingerprint density at radius 1 is 0.870 bits per heavy atom. The monoisotopic (exact) mass is 300 g/mol. The van der Waals surface area contributed by atoms with Crippen LogP contribution in [0.1, 0.15) is 17.0 Å². The molecule has 4 rings (SSSR count). The Hall–Kier alpha value is -2.94. The van der Waals surface area contributed by atoms with Gasteiger partial charge in [-0.05, 0) is 23.3 Å². The predicted molar refractivity (Wildman–Crippen MR) is 91.2 cm³/mol. The number of rotatable bonds is 3. The summed E-state index contributed by atoms with van der Waals surface area (Å²) in [7, 11) is 0. The van der Waals surface area contributed by atoms with Crippen LogP contribution in [0.5, 0.6) is 0 Å². The smallest absolute Gasteiger partial charge is 0.231 e. The molecule has 0 fully saturated rings. The van der Waals surface area contributed by atoms with Crippen LogP contribution in [0.25, 0.3) is 22.2 Å². The van der Waals surface area contributed by atoms with E-state index in [2.05, 4.69) is 65.6 Å². The summed E-state index contributed by atoms with van der Waals surface area (Å²) < 4.78 is 5.44. The molecular formula is C20H16N2O. The first-order valence-electron chi connectivity index (χ1n) is 7.66. The van der Waals surface area contributed by atoms with Gasteiger partial charge >= 0.3 is 0 Å². The van der Waals surface area contributed by atoms with Gasteiger partial charge in [-0.1, -0.05) is 77.5 Å². The van der Waals surface area contributed by atoms with Crippen molar-refractivity contribution in [2.45, 2.75) is 13.3 Å². The van der Waals surface area contributed by atoms with Gasteiger partial charge < -0.3 is 4.52 Å². The van der Waals surface area contributed by atoms with E-state index in [1.54, 1.807) is 0 Å². The summed E-state index contributed by atoms with van der Waals surface area (Å²) in [6.07, 6.45) is 0.639. The minimum absolute atomic E-state index is 0.636. The summed E-state index contributed by atoms with van der Waals surface area (Å²) in [4.78, 5) is 4.53. The summed E-state index contributed by atoms with van der Waals surface area (Å²) >= 11 is 0. The zero-order valence-corrected chi connectivity index (χ0v) is 12.9. The van der Waals surface area contributed by atoms with Crippen molar-refractivity contribution in [2.75, 3.05) is 0 Å². The Labute approximate surface area is 134 Å². The summed E-state index contributed by atoms with van der Waals surface area (Å²) in [5.41, 5.74) is 3.39. The average molecular weight is 300 g/mol. The lowest BCUT2D eigenvalue weighted by Gasteiger charge is -2.03. The van der Waals surface area contributed by atoms with Gasteiger partial charge in [0, 0.05) is 5.56 Å². The van der Waals surface area contributed by atoms with Crippen molar-refractivity contribution in [3.8, 4) is 11.4 Å². The maximum atomic E-state index is 5.44. The molecule has 4 aromatic rings. The molecule has 3 nitrogen and oxygen atoms in total. The SMILES string of the molecule is Cc1ccc(-c2noc(Cc3cccc4ccccc34)n2)cc1. The zero-order valence-electron chi connectivity index (χ0n) is 12.9. The molecule has 23 heavy (non-hydrogen) atoms. The van der Waals surface area contributed by atoms with E-state index in [-0.39, 0.29) is 0 Å². The topological polar surface area (TPSA) is 38.9 Å². The Balaban J connectivity index is 1.66. The van der Waals surface area contributed by atoms with Crippen molar-refractivity contribution >= 4 is 10.8 Å². The van der Waals surface area contributed by atoms with Crippen molar-refractivity contribution in [2.24, 2.45) is 0 Å². The number of fused-ring (bicyclic) bond motifs is 1. The van der Waals surface area contributed by atoms with Gasteiger partial charge in [-0.25, -0.2) is 0 Å². The van der Waals surface area contributed by atoms with E-state index in [4.69, 9.17) is 4.52 Å². The molecule has 0 N–H and O–H groups in total. The lowest BCUT2D eigenvalue weighted by atomic mass is 10.0. The van der Waals surface area contributed by atoms with Crippen molar-refractivity contribution in [3.05, 3.63) is 83.7 Å². The van der Waals surface area contributed by atoms with Gasteiger partial charge in [0.15, 0.2) is 0 Å². The molecule has 0 amide bonds. The summed E-state index contributed by atoms with van der Waals surface area (Å²) in [5, 5.41) is 6.56. The average Bonchev–Trinajstić information content (AvgIpc) is 3.04. The molecule has 3 heteroatoms. The molecule has 3 aromatic carbocycles. The largest absolute Gasteiger partial charge is 0.339 e. The summed E-state index contributed by atoms with van der Waals surface area (Å²) in [5.74, 6) is 1.28. The maximum Gasteiger partial charge on any atom is 0.231 e. The number of hydrogen-bond donors (Lipinski definition) is 0. The fraction of sp³-hybridized carbons (Fsp3) is 0.100. The van der Waals surface area contributed by atoms with Gasteiger partial charge in [0.05, 0.1) is 6.42 Å². The Morgan fingerprint density at radius 2 is 1.65 bits per heavy atom. The third-order valence-corrected chi connectivity index (χ3v) is 4.00. The summed E-state index contributed by atoms with van der Waals surface area (Å²) in [6.45, 7) is 2.06. The Kier molecular flexibility index (Phi) is 3.39. The van der Waals surface area contributed by atoms with E-state index in [1.165, 1.54) is 21.9 Å². The van der Waals surface area contributed by atoms with Gasteiger partial charge in [0.2, 0.25) is 11.7 Å². The zero-order chi connectivity index (χ0) is 15.6. The fourth-order valence-corrected chi connectivity index (χ4v) is 2.76. The minimum atomic E-state index is 0.636. The molecule has 0 saturated heterocycles. The molecule has 0 unspecified atom stereocenters. The van der Waals surface area contributed by atoms with Crippen LogP contribution in [0.2, 0.25) is 0 Å². The van der Waals surface area contributed by atoms with E-state index in [0.717, 1.165) is 5.56 Å². The molecule has 0 saturated carbocycles. The fourth-order valence-electron chi connectivity index (χ4n) is 2.76. The molecule has 0 aliphatic heterocycles. The molecule has 1 aromatic heterocycles. The van der Waals surface area contributed by atoms with Crippen molar-refractivity contribution in [3.63, 3.8) is 0 Å². The highest BCUT2D eigenvalue weighted by Crippen LogP contribution is 2.22. The first kappa shape index (κ1) is 13.7. The van der Waals surface area contributed by atoms with Crippen molar-refractivity contribution < 1.29 is 4.52 Å². The molecule has 0 aliphatic carbocycles. The van der Waals surface area contributed by atoms with Crippen LogP contribution in [-0.2, 0) is 6.42 Å². The number of benzene rings is 3. The Bertz CT molecular complexity index is 949. The lowest BCUT2D eigenvalue weighted by molar-refractivity contribution is 0.386. The first-order valence-corrected chi connectivity index (χ1v) is 7.66. The number of aromatic nitrogens is 2. The van der Waals surface area contributed by atoms with Crippen LogP contribution in [0, 0.1) is 6.92 Å². The van der Waals surface area contributed by atoms with Gasteiger partial charge in [-0.15, -0.1) is 0 Å². The number of nitrogens with zero attached hydrogens (tertiary/aromatic N) is 2. The predicted octanol–water partition coefficient (Wildman–Crippen LogP) is 4.79. The molecular weight excluding hydrogens is 284 g/mol. The van der Waals surface area contributed by atoms with E-state index < -0.39 is 0 Å². The van der Waals surface area contributed by atoms with E-state index in [0.29, 0.717) is 18.1 Å². The number of hydrogen-bond acceptors (Lipinski definition) is 3. The van der Waals surface area contributed by atoms with E-state index in [9.17, 15) is 0 Å². The van der Waals surface area contributed by atoms with Crippen LogP contribution in [0.15, 0.2) is 71.3 Å². The molecule has 0 bridgehead atoms. The highest BCUT2D eigenvalue weighted by atomic mass is 16.5. The van der Waals surface area contributed by atoms with Crippen LogP contribution in [-0.4, -0.2) is 10.1 Å². The van der Waals surface area contributed by atoms with Crippen LogP contribution in [0.4, 0.5) is 0 Å². The van der Waals surface area contributed by atoms with Crippen molar-refractivity contribution in [1.29, 1.82) is 0 Å². The van der Waals surface area contributed by atoms with Crippen molar-refractivity contribution in [1.82, 2.24) is 10.1 Å². The minimum Gasteiger partial charge on any atom is -0.339 e. The van der Waals surface area contributed by atoms with E-state index in [1.807, 2.05) is 18.2 Å². The van der Waals surface area contributed by atoms with E-state index >= 15 is 0 Å². The second-order valence-electron chi connectivity index (χ2n) is 5.69. The third kappa shape index (κ3) is 2.73. The lowest BCUT2D eigenvalue weighted by Crippen LogP contribution is -1.90. The molecule has 0 spiro atoms. The van der Waals surface area contributed by atoms with Crippen LogP contribution < -0.4 is 0 Å². The molecule has 0 aliphatic rings. The maximum absolute atomic E-state index is 5.44. The van der Waals surface area contributed by atoms with Gasteiger partial charge in [0.25, 0.3) is 0 Å². The molecule has 112 valence electrons. The standard InChI is InChI=1S/C20H16N2O/c1-14-9-11-16(12-10-14)20-21-19(23-22-20)13-17-7-4-6-15-5-2-3-8-18(15)17/h2-12H,13H2,1H3. The summed E-state index contributed by atoms with van der Waals surface area (Å²) in [6, 6.07) is 22.8. The van der Waals surface area contributed by atoms with Crippen LogP contribution in [0.3, 0.4) is 0 Å².